The van der Waals surface area contributed by atoms with Gasteiger partial charge in [-0.15, -0.1) is 0 Å². The highest BCUT2D eigenvalue weighted by Crippen LogP contribution is 2.33. The first-order valence-corrected chi connectivity index (χ1v) is 11.7. The SMILES string of the molecule is COc1cccc(-c2nc(COC(c3ccc(C#N)c(-c4ccccc4C)c3)c3cncn3C)no2)c1. The predicted octanol–water partition coefficient (Wildman–Crippen LogP) is 5.63. The van der Waals surface area contributed by atoms with Gasteiger partial charge in [0.05, 0.1) is 37.0 Å². The summed E-state index contributed by atoms with van der Waals surface area (Å²) in [6.07, 6.45) is 3.03. The number of methoxy groups -OCH3 is 1. The Labute approximate surface area is 214 Å². The smallest absolute Gasteiger partial charge is 0.258 e. The van der Waals surface area contributed by atoms with Crippen molar-refractivity contribution in [3.63, 3.8) is 0 Å². The summed E-state index contributed by atoms with van der Waals surface area (Å²) in [6.45, 7) is 2.15. The lowest BCUT2D eigenvalue weighted by Gasteiger charge is -2.20. The normalized spacial score (nSPS) is 11.7. The molecule has 2 heterocycles. The summed E-state index contributed by atoms with van der Waals surface area (Å²) < 4.78 is 19.0. The van der Waals surface area contributed by atoms with E-state index < -0.39 is 6.10 Å². The zero-order valence-electron chi connectivity index (χ0n) is 20.8. The molecule has 0 N–H and O–H groups in total. The monoisotopic (exact) mass is 491 g/mol. The summed E-state index contributed by atoms with van der Waals surface area (Å²) >= 11 is 0. The van der Waals surface area contributed by atoms with Gasteiger partial charge in [-0.2, -0.15) is 10.2 Å². The van der Waals surface area contributed by atoms with Crippen LogP contribution >= 0.6 is 0 Å². The van der Waals surface area contributed by atoms with Gasteiger partial charge in [0.1, 0.15) is 18.5 Å². The first-order valence-electron chi connectivity index (χ1n) is 11.7. The Morgan fingerprint density at radius 2 is 1.92 bits per heavy atom. The second-order valence-corrected chi connectivity index (χ2v) is 8.60. The molecule has 0 aliphatic carbocycles. The van der Waals surface area contributed by atoms with Crippen LogP contribution in [0.3, 0.4) is 0 Å². The third-order valence-corrected chi connectivity index (χ3v) is 6.19. The summed E-state index contributed by atoms with van der Waals surface area (Å²) in [4.78, 5) is 8.79. The van der Waals surface area contributed by atoms with Crippen molar-refractivity contribution in [3.8, 4) is 34.4 Å². The van der Waals surface area contributed by atoms with E-state index in [2.05, 4.69) is 21.2 Å². The Morgan fingerprint density at radius 1 is 1.05 bits per heavy atom. The van der Waals surface area contributed by atoms with Crippen LogP contribution in [0.2, 0.25) is 0 Å². The summed E-state index contributed by atoms with van der Waals surface area (Å²) in [5.74, 6) is 1.50. The lowest BCUT2D eigenvalue weighted by atomic mass is 9.93. The first-order chi connectivity index (χ1) is 18.1. The van der Waals surface area contributed by atoms with Crippen molar-refractivity contribution in [2.75, 3.05) is 7.11 Å². The lowest BCUT2D eigenvalue weighted by Crippen LogP contribution is -2.11. The zero-order valence-corrected chi connectivity index (χ0v) is 20.8. The average Bonchev–Trinajstić information content (AvgIpc) is 3.58. The summed E-state index contributed by atoms with van der Waals surface area (Å²) in [5.41, 5.74) is 6.05. The molecule has 0 bridgehead atoms. The molecule has 5 rings (SSSR count). The Morgan fingerprint density at radius 3 is 2.68 bits per heavy atom. The van der Waals surface area contributed by atoms with Crippen molar-refractivity contribution in [1.29, 1.82) is 5.26 Å². The number of hydrogen-bond donors (Lipinski definition) is 0. The van der Waals surface area contributed by atoms with E-state index in [1.54, 1.807) is 19.6 Å². The van der Waals surface area contributed by atoms with E-state index in [1.165, 1.54) is 0 Å². The van der Waals surface area contributed by atoms with Gasteiger partial charge in [-0.1, -0.05) is 41.6 Å². The van der Waals surface area contributed by atoms with Gasteiger partial charge in [-0.25, -0.2) is 4.98 Å². The number of benzene rings is 3. The highest BCUT2D eigenvalue weighted by atomic mass is 16.5. The van der Waals surface area contributed by atoms with Crippen LogP contribution in [0, 0.1) is 18.3 Å². The topological polar surface area (TPSA) is 99.0 Å². The molecule has 0 spiro atoms. The van der Waals surface area contributed by atoms with Crippen molar-refractivity contribution in [2.45, 2.75) is 19.6 Å². The van der Waals surface area contributed by atoms with Crippen LogP contribution in [0.15, 0.2) is 83.8 Å². The van der Waals surface area contributed by atoms with Crippen LogP contribution in [0.5, 0.6) is 5.75 Å². The third-order valence-electron chi connectivity index (χ3n) is 6.19. The maximum Gasteiger partial charge on any atom is 0.258 e. The number of nitriles is 1. The Hall–Kier alpha value is -4.74. The molecule has 0 aliphatic heterocycles. The number of aromatic nitrogens is 4. The fraction of sp³-hybridized carbons (Fsp3) is 0.172. The molecule has 1 atom stereocenters. The van der Waals surface area contributed by atoms with Crippen molar-refractivity contribution in [1.82, 2.24) is 19.7 Å². The lowest BCUT2D eigenvalue weighted by molar-refractivity contribution is 0.0567. The second kappa shape index (κ2) is 10.5. The maximum absolute atomic E-state index is 9.78. The minimum Gasteiger partial charge on any atom is -0.497 e. The standard InChI is InChI=1S/C29H25N5O3/c1-19-7-4-5-10-24(19)25-14-20(11-12-22(25)15-30)28(26-16-31-18-34(26)2)36-17-27-32-29(37-33-27)21-8-6-9-23(13-21)35-3/h4-14,16,18,28H,17H2,1-3H3. The maximum atomic E-state index is 9.78. The van der Waals surface area contributed by atoms with Crippen LogP contribution in [0.25, 0.3) is 22.6 Å². The number of ether oxygens (including phenoxy) is 2. The molecular weight excluding hydrogens is 466 g/mol. The van der Waals surface area contributed by atoms with Crippen LogP contribution in [-0.2, 0) is 18.4 Å². The number of imidazole rings is 1. The number of rotatable bonds is 8. The number of aryl methyl sites for hydroxylation is 2. The first kappa shape index (κ1) is 24.0. The molecule has 0 saturated carbocycles. The molecule has 0 fully saturated rings. The molecule has 5 aromatic rings. The van der Waals surface area contributed by atoms with Crippen molar-refractivity contribution in [2.24, 2.45) is 7.05 Å². The fourth-order valence-corrected chi connectivity index (χ4v) is 4.24. The largest absolute Gasteiger partial charge is 0.497 e. The summed E-state index contributed by atoms with van der Waals surface area (Å²) in [6, 6.07) is 23.5. The molecule has 37 heavy (non-hydrogen) atoms. The average molecular weight is 492 g/mol. The fourth-order valence-electron chi connectivity index (χ4n) is 4.24. The number of hydrogen-bond acceptors (Lipinski definition) is 7. The van der Waals surface area contributed by atoms with E-state index in [4.69, 9.17) is 14.0 Å². The molecule has 1 unspecified atom stereocenters. The molecular formula is C29H25N5O3. The highest BCUT2D eigenvalue weighted by molar-refractivity contribution is 5.74. The van der Waals surface area contributed by atoms with Gasteiger partial charge in [-0.3, -0.25) is 0 Å². The van der Waals surface area contributed by atoms with Gasteiger partial charge in [0, 0.05) is 18.2 Å². The van der Waals surface area contributed by atoms with E-state index in [0.717, 1.165) is 33.5 Å². The molecule has 8 heteroatoms. The number of nitrogens with zero attached hydrogens (tertiary/aromatic N) is 5. The molecule has 184 valence electrons. The van der Waals surface area contributed by atoms with Crippen LogP contribution in [0.1, 0.15) is 34.3 Å². The van der Waals surface area contributed by atoms with Gasteiger partial charge in [0.25, 0.3) is 5.89 Å². The van der Waals surface area contributed by atoms with E-state index in [-0.39, 0.29) is 6.61 Å². The highest BCUT2D eigenvalue weighted by Gasteiger charge is 2.22. The molecule has 3 aromatic carbocycles. The van der Waals surface area contributed by atoms with Crippen molar-refractivity contribution < 1.29 is 14.0 Å². The summed E-state index contributed by atoms with van der Waals surface area (Å²) in [7, 11) is 3.53. The van der Waals surface area contributed by atoms with Crippen molar-refractivity contribution in [3.05, 3.63) is 107 Å². The molecule has 0 radical (unpaired) electrons. The minimum atomic E-state index is -0.471. The van der Waals surface area contributed by atoms with E-state index in [9.17, 15) is 5.26 Å². The van der Waals surface area contributed by atoms with Crippen LogP contribution < -0.4 is 4.74 Å². The summed E-state index contributed by atoms with van der Waals surface area (Å²) in [5, 5.41) is 13.9. The van der Waals surface area contributed by atoms with E-state index >= 15 is 0 Å². The molecule has 0 aliphatic rings. The van der Waals surface area contributed by atoms with Gasteiger partial charge in [0.2, 0.25) is 0 Å². The van der Waals surface area contributed by atoms with Gasteiger partial charge in [-0.05, 0) is 53.9 Å². The second-order valence-electron chi connectivity index (χ2n) is 8.60. The van der Waals surface area contributed by atoms with Crippen LogP contribution in [0.4, 0.5) is 0 Å². The van der Waals surface area contributed by atoms with Crippen LogP contribution in [-0.4, -0.2) is 26.8 Å². The molecule has 8 nitrogen and oxygen atoms in total. The predicted molar refractivity (Wildman–Crippen MR) is 137 cm³/mol. The Balaban J connectivity index is 1.47. The molecule has 0 saturated heterocycles. The Bertz CT molecular complexity index is 1580. The van der Waals surface area contributed by atoms with Gasteiger partial charge in [0.15, 0.2) is 5.82 Å². The quantitative estimate of drug-likeness (QED) is 0.277. The Kier molecular flexibility index (Phi) is 6.79. The molecule has 2 aromatic heterocycles. The molecule has 0 amide bonds. The zero-order chi connectivity index (χ0) is 25.8. The van der Waals surface area contributed by atoms with E-state index in [1.807, 2.05) is 85.3 Å². The van der Waals surface area contributed by atoms with Gasteiger partial charge < -0.3 is 18.6 Å². The third kappa shape index (κ3) is 4.99. The van der Waals surface area contributed by atoms with Gasteiger partial charge >= 0.3 is 0 Å². The van der Waals surface area contributed by atoms with E-state index in [0.29, 0.717) is 23.0 Å². The van der Waals surface area contributed by atoms with Crippen molar-refractivity contribution >= 4 is 0 Å². The minimum absolute atomic E-state index is 0.114.